The zero-order valence-electron chi connectivity index (χ0n) is 15.5. The molecule has 4 rings (SSSR count). The Morgan fingerprint density at radius 1 is 0.966 bits per heavy atom. The summed E-state index contributed by atoms with van der Waals surface area (Å²) in [4.78, 5) is 8.79. The number of hydrogen-bond donors (Lipinski definition) is 1. The quantitative estimate of drug-likeness (QED) is 0.665. The summed E-state index contributed by atoms with van der Waals surface area (Å²) in [6.45, 7) is 1.06. The fourth-order valence-corrected chi connectivity index (χ4v) is 3.80. The van der Waals surface area contributed by atoms with E-state index in [9.17, 15) is 8.42 Å². The molecule has 1 N–H and O–H groups in total. The molecule has 7 nitrogen and oxygen atoms in total. The summed E-state index contributed by atoms with van der Waals surface area (Å²) in [6, 6.07) is 18.9. The second-order valence-electron chi connectivity index (χ2n) is 6.30. The third-order valence-electron chi connectivity index (χ3n) is 4.24. The number of hydrogen-bond acceptors (Lipinski definition) is 6. The lowest BCUT2D eigenvalue weighted by molar-refractivity contribution is 0.161. The van der Waals surface area contributed by atoms with Crippen molar-refractivity contribution in [2.75, 3.05) is 17.9 Å². The van der Waals surface area contributed by atoms with Crippen LogP contribution in [-0.4, -0.2) is 31.6 Å². The molecule has 2 aromatic carbocycles. The summed E-state index contributed by atoms with van der Waals surface area (Å²) in [5, 5.41) is 0. The lowest BCUT2D eigenvalue weighted by atomic mass is 10.1. The van der Waals surface area contributed by atoms with Gasteiger partial charge in [0, 0.05) is 6.07 Å². The van der Waals surface area contributed by atoms with E-state index in [1.807, 2.05) is 24.3 Å². The summed E-state index contributed by atoms with van der Waals surface area (Å²) < 4.78 is 39.0. The fourth-order valence-electron chi connectivity index (χ4n) is 2.84. The van der Waals surface area contributed by atoms with Gasteiger partial charge in [-0.1, -0.05) is 42.5 Å². The molecule has 0 amide bonds. The predicted molar refractivity (Wildman–Crippen MR) is 109 cm³/mol. The maximum atomic E-state index is 12.7. The van der Waals surface area contributed by atoms with Crippen molar-refractivity contribution in [3.63, 3.8) is 0 Å². The second kappa shape index (κ2) is 8.42. The van der Waals surface area contributed by atoms with Crippen LogP contribution in [0, 0.1) is 0 Å². The maximum Gasteiger partial charge on any atom is 0.264 e. The lowest BCUT2D eigenvalue weighted by Crippen LogP contribution is -2.16. The first-order valence-corrected chi connectivity index (χ1v) is 10.6. The van der Waals surface area contributed by atoms with E-state index in [1.54, 1.807) is 36.4 Å². The van der Waals surface area contributed by atoms with E-state index < -0.39 is 10.0 Å². The van der Waals surface area contributed by atoms with Crippen molar-refractivity contribution < 1.29 is 17.9 Å². The molecule has 1 aliphatic heterocycles. The van der Waals surface area contributed by atoms with Gasteiger partial charge in [-0.15, -0.1) is 0 Å². The Labute approximate surface area is 169 Å². The monoisotopic (exact) mass is 409 g/mol. The zero-order chi connectivity index (χ0) is 20.1. The molecular weight excluding hydrogens is 390 g/mol. The third-order valence-corrected chi connectivity index (χ3v) is 5.58. The summed E-state index contributed by atoms with van der Waals surface area (Å²) in [5.41, 5.74) is 1.55. The smallest absolute Gasteiger partial charge is 0.264 e. The van der Waals surface area contributed by atoms with E-state index in [1.165, 1.54) is 12.1 Å². The van der Waals surface area contributed by atoms with Crippen molar-refractivity contribution in [1.29, 1.82) is 0 Å². The number of sulfonamides is 1. The predicted octanol–water partition coefficient (Wildman–Crippen LogP) is 3.87. The Morgan fingerprint density at radius 2 is 1.69 bits per heavy atom. The van der Waals surface area contributed by atoms with Crippen molar-refractivity contribution in [3.8, 4) is 11.6 Å². The number of nitrogens with one attached hydrogen (secondary N) is 1. The number of benzene rings is 2. The molecular formula is C21H19N3O4S. The first kappa shape index (κ1) is 19.1. The van der Waals surface area contributed by atoms with Crippen LogP contribution in [0.5, 0.6) is 11.6 Å². The summed E-state index contributed by atoms with van der Waals surface area (Å²) in [7, 11) is -3.83. The highest BCUT2D eigenvalue weighted by Gasteiger charge is 2.18. The second-order valence-corrected chi connectivity index (χ2v) is 7.99. The average Bonchev–Trinajstić information content (AvgIpc) is 2.75. The van der Waals surface area contributed by atoms with Crippen molar-refractivity contribution in [2.45, 2.75) is 11.3 Å². The molecule has 8 heteroatoms. The number of para-hydroxylation sites is 1. The molecule has 0 spiro atoms. The Bertz CT molecular complexity index is 1120. The largest absolute Gasteiger partial charge is 0.439 e. The van der Waals surface area contributed by atoms with Gasteiger partial charge in [0.1, 0.15) is 5.75 Å². The molecule has 0 unspecified atom stereocenters. The van der Waals surface area contributed by atoms with Gasteiger partial charge in [-0.05, 0) is 36.3 Å². The van der Waals surface area contributed by atoms with Gasteiger partial charge in [0.25, 0.3) is 10.0 Å². The van der Waals surface area contributed by atoms with Gasteiger partial charge >= 0.3 is 0 Å². The molecule has 148 valence electrons. The minimum absolute atomic E-state index is 0.0512. The van der Waals surface area contributed by atoms with Crippen molar-refractivity contribution >= 4 is 21.5 Å². The SMILES string of the molecule is O=S(=O)(Nc1nc(Oc2ccccc2)cc(C2=CCOCC2)n1)c1ccccc1. The molecule has 0 atom stereocenters. The van der Waals surface area contributed by atoms with Crippen molar-refractivity contribution in [1.82, 2.24) is 9.97 Å². The average molecular weight is 409 g/mol. The van der Waals surface area contributed by atoms with Crippen LogP contribution in [0.4, 0.5) is 5.95 Å². The molecule has 0 fully saturated rings. The minimum Gasteiger partial charge on any atom is -0.439 e. The van der Waals surface area contributed by atoms with Crippen LogP contribution in [0.1, 0.15) is 12.1 Å². The Morgan fingerprint density at radius 3 is 2.38 bits per heavy atom. The molecule has 0 aliphatic carbocycles. The number of nitrogens with zero attached hydrogens (tertiary/aromatic N) is 2. The summed E-state index contributed by atoms with van der Waals surface area (Å²) in [6.07, 6.45) is 2.60. The van der Waals surface area contributed by atoms with Crippen molar-refractivity contribution in [3.05, 3.63) is 78.5 Å². The molecule has 1 aliphatic rings. The first-order chi connectivity index (χ1) is 14.1. The van der Waals surface area contributed by atoms with Crippen LogP contribution in [0.3, 0.4) is 0 Å². The maximum absolute atomic E-state index is 12.7. The topological polar surface area (TPSA) is 90.4 Å². The molecule has 0 saturated carbocycles. The van der Waals surface area contributed by atoms with E-state index in [4.69, 9.17) is 9.47 Å². The Hall–Kier alpha value is -3.23. The molecule has 1 aromatic heterocycles. The van der Waals surface area contributed by atoms with Crippen LogP contribution in [0.2, 0.25) is 0 Å². The normalized spacial score (nSPS) is 14.1. The number of ether oxygens (including phenoxy) is 2. The number of rotatable bonds is 6. The highest BCUT2D eigenvalue weighted by molar-refractivity contribution is 7.92. The van der Waals surface area contributed by atoms with Gasteiger partial charge in [0.05, 0.1) is 23.8 Å². The van der Waals surface area contributed by atoms with Crippen LogP contribution in [-0.2, 0) is 14.8 Å². The van der Waals surface area contributed by atoms with Gasteiger partial charge in [0.15, 0.2) is 0 Å². The molecule has 3 aromatic rings. The third kappa shape index (κ3) is 4.79. The van der Waals surface area contributed by atoms with Crippen LogP contribution < -0.4 is 9.46 Å². The van der Waals surface area contributed by atoms with Gasteiger partial charge in [0.2, 0.25) is 11.8 Å². The van der Waals surface area contributed by atoms with E-state index in [-0.39, 0.29) is 16.7 Å². The number of anilines is 1. The van der Waals surface area contributed by atoms with E-state index in [2.05, 4.69) is 14.7 Å². The number of aromatic nitrogens is 2. The highest BCUT2D eigenvalue weighted by Crippen LogP contribution is 2.27. The first-order valence-electron chi connectivity index (χ1n) is 9.07. The fraction of sp³-hybridized carbons (Fsp3) is 0.143. The van der Waals surface area contributed by atoms with Crippen LogP contribution in [0.25, 0.3) is 5.57 Å². The highest BCUT2D eigenvalue weighted by atomic mass is 32.2. The molecule has 0 radical (unpaired) electrons. The Kier molecular flexibility index (Phi) is 5.55. The molecule has 2 heterocycles. The van der Waals surface area contributed by atoms with Gasteiger partial charge in [-0.25, -0.2) is 18.1 Å². The van der Waals surface area contributed by atoms with Crippen LogP contribution >= 0.6 is 0 Å². The summed E-state index contributed by atoms with van der Waals surface area (Å²) >= 11 is 0. The lowest BCUT2D eigenvalue weighted by Gasteiger charge is -2.15. The van der Waals surface area contributed by atoms with Crippen LogP contribution in [0.15, 0.2) is 77.7 Å². The molecule has 0 bridgehead atoms. The van der Waals surface area contributed by atoms with Gasteiger partial charge in [-0.3, -0.25) is 0 Å². The van der Waals surface area contributed by atoms with E-state index >= 15 is 0 Å². The molecule has 0 saturated heterocycles. The standard InChI is InChI=1S/C21H19N3O4S/c25-29(26,18-9-5-2-6-10-18)24-21-22-19(16-11-13-27-14-12-16)15-20(23-21)28-17-7-3-1-4-8-17/h1-11,15H,12-14H2,(H,22,23,24). The van der Waals surface area contributed by atoms with E-state index in [0.717, 1.165) is 5.57 Å². The molecule has 29 heavy (non-hydrogen) atoms. The zero-order valence-corrected chi connectivity index (χ0v) is 16.3. The Balaban J connectivity index is 1.70. The summed E-state index contributed by atoms with van der Waals surface area (Å²) in [5.74, 6) is 0.791. The van der Waals surface area contributed by atoms with Gasteiger partial charge in [-0.2, -0.15) is 4.98 Å². The van der Waals surface area contributed by atoms with Gasteiger partial charge < -0.3 is 9.47 Å². The van der Waals surface area contributed by atoms with E-state index in [0.29, 0.717) is 31.1 Å². The minimum atomic E-state index is -3.83. The van der Waals surface area contributed by atoms with Crippen molar-refractivity contribution in [2.24, 2.45) is 0 Å².